The Bertz CT molecular complexity index is 523. The minimum atomic E-state index is -0.388. The van der Waals surface area contributed by atoms with Crippen LogP contribution in [0.5, 0.6) is 0 Å². The number of ether oxygens (including phenoxy) is 2. The van der Waals surface area contributed by atoms with Crippen molar-refractivity contribution in [3.8, 4) is 0 Å². The fourth-order valence-electron chi connectivity index (χ4n) is 5.95. The zero-order valence-corrected chi connectivity index (χ0v) is 29.5. The summed E-state index contributed by atoms with van der Waals surface area (Å²) in [5, 5.41) is 9.57. The first-order valence-electron chi connectivity index (χ1n) is 19.6. The van der Waals surface area contributed by atoms with Crippen LogP contribution in [-0.2, 0) is 14.3 Å². The average Bonchev–Trinajstić information content (AvgIpc) is 3.02. The van der Waals surface area contributed by atoms with Crippen LogP contribution in [0.1, 0.15) is 219 Å². The molecule has 0 aliphatic heterocycles. The van der Waals surface area contributed by atoms with Gasteiger partial charge in [0.25, 0.3) is 0 Å². The summed E-state index contributed by atoms with van der Waals surface area (Å²) in [4.78, 5) is 12.1. The van der Waals surface area contributed by atoms with Crippen molar-refractivity contribution in [2.75, 3.05) is 19.8 Å². The Hall–Kier alpha value is -0.610. The van der Waals surface area contributed by atoms with Gasteiger partial charge in [-0.2, -0.15) is 0 Å². The fourth-order valence-corrected chi connectivity index (χ4v) is 5.95. The van der Waals surface area contributed by atoms with Gasteiger partial charge in [0.1, 0.15) is 12.7 Å². The van der Waals surface area contributed by atoms with E-state index in [1.54, 1.807) is 0 Å². The van der Waals surface area contributed by atoms with Crippen molar-refractivity contribution < 1.29 is 19.4 Å². The van der Waals surface area contributed by atoms with Gasteiger partial charge in [0.2, 0.25) is 0 Å². The maximum Gasteiger partial charge on any atom is 0.305 e. The van der Waals surface area contributed by atoms with Crippen molar-refractivity contribution in [1.82, 2.24) is 0 Å². The quantitative estimate of drug-likeness (QED) is 0.0561. The van der Waals surface area contributed by atoms with Crippen molar-refractivity contribution in [3.05, 3.63) is 0 Å². The molecule has 0 aromatic carbocycles. The van der Waals surface area contributed by atoms with Crippen molar-refractivity contribution in [2.24, 2.45) is 0 Å². The fraction of sp³-hybridized carbons (Fsp3) is 0.974. The summed E-state index contributed by atoms with van der Waals surface area (Å²) in [6.45, 7) is 5.28. The minimum absolute atomic E-state index is 0.0922. The van der Waals surface area contributed by atoms with Crippen LogP contribution in [0.15, 0.2) is 0 Å². The van der Waals surface area contributed by atoms with Crippen LogP contribution < -0.4 is 0 Å². The zero-order chi connectivity index (χ0) is 31.3. The highest BCUT2D eigenvalue weighted by molar-refractivity contribution is 5.69. The first kappa shape index (κ1) is 42.4. The lowest BCUT2D eigenvalue weighted by Gasteiger charge is -2.15. The number of carbonyl (C=O) groups is 1. The Morgan fingerprint density at radius 2 is 0.767 bits per heavy atom. The van der Waals surface area contributed by atoms with E-state index in [0.29, 0.717) is 13.0 Å². The number of rotatable bonds is 37. The molecule has 4 nitrogen and oxygen atoms in total. The molecule has 0 aromatic heterocycles. The molecule has 0 aliphatic carbocycles. The summed E-state index contributed by atoms with van der Waals surface area (Å²) in [5.41, 5.74) is 0. The zero-order valence-electron chi connectivity index (χ0n) is 29.5. The highest BCUT2D eigenvalue weighted by atomic mass is 16.6. The molecule has 0 saturated heterocycles. The van der Waals surface area contributed by atoms with Crippen molar-refractivity contribution in [1.29, 1.82) is 0 Å². The number of carbonyl (C=O) groups excluding carboxylic acids is 1. The predicted molar refractivity (Wildman–Crippen MR) is 187 cm³/mol. The van der Waals surface area contributed by atoms with E-state index in [-0.39, 0.29) is 25.3 Å². The molecule has 1 unspecified atom stereocenters. The number of hydrogen-bond acceptors (Lipinski definition) is 4. The van der Waals surface area contributed by atoms with Crippen LogP contribution in [0.25, 0.3) is 0 Å². The van der Waals surface area contributed by atoms with Crippen molar-refractivity contribution >= 4 is 5.97 Å². The summed E-state index contributed by atoms with van der Waals surface area (Å²) in [5.74, 6) is -0.154. The molecule has 0 amide bonds. The smallest absolute Gasteiger partial charge is 0.305 e. The molecular formula is C39H78O4. The first-order chi connectivity index (χ1) is 21.2. The van der Waals surface area contributed by atoms with E-state index in [9.17, 15) is 9.90 Å². The van der Waals surface area contributed by atoms with E-state index in [0.717, 1.165) is 19.3 Å². The minimum Gasteiger partial charge on any atom is -0.463 e. The largest absolute Gasteiger partial charge is 0.463 e. The van der Waals surface area contributed by atoms with Gasteiger partial charge in [0.15, 0.2) is 0 Å². The molecule has 43 heavy (non-hydrogen) atoms. The Morgan fingerprint density at radius 1 is 0.465 bits per heavy atom. The molecule has 0 aliphatic rings. The van der Waals surface area contributed by atoms with Gasteiger partial charge in [-0.25, -0.2) is 0 Å². The molecule has 1 N–H and O–H groups in total. The highest BCUT2D eigenvalue weighted by Gasteiger charge is 2.11. The Labute approximate surface area is 270 Å². The summed E-state index contributed by atoms with van der Waals surface area (Å²) >= 11 is 0. The molecule has 0 saturated carbocycles. The lowest BCUT2D eigenvalue weighted by Crippen LogP contribution is -2.26. The number of aliphatic hydroxyl groups is 1. The third-order valence-electron chi connectivity index (χ3n) is 8.97. The van der Waals surface area contributed by atoms with Crippen LogP contribution in [0.3, 0.4) is 0 Å². The van der Waals surface area contributed by atoms with Gasteiger partial charge in [0.05, 0.1) is 6.61 Å². The summed E-state index contributed by atoms with van der Waals surface area (Å²) in [6, 6.07) is 0. The third kappa shape index (κ3) is 35.7. The number of aliphatic hydroxyl groups excluding tert-OH is 1. The van der Waals surface area contributed by atoms with Gasteiger partial charge in [0, 0.05) is 13.0 Å². The number of hydrogen-bond donors (Lipinski definition) is 1. The molecule has 0 fully saturated rings. The van der Waals surface area contributed by atoms with E-state index in [2.05, 4.69) is 13.8 Å². The molecule has 1 atom stereocenters. The van der Waals surface area contributed by atoms with Gasteiger partial charge in [-0.3, -0.25) is 4.79 Å². The Morgan fingerprint density at radius 3 is 1.09 bits per heavy atom. The maximum absolute atomic E-state index is 12.1. The Balaban J connectivity index is 3.37. The van der Waals surface area contributed by atoms with E-state index in [1.807, 2.05) is 0 Å². The average molecular weight is 611 g/mol. The van der Waals surface area contributed by atoms with E-state index < -0.39 is 0 Å². The lowest BCUT2D eigenvalue weighted by atomic mass is 10.0. The predicted octanol–water partition coefficient (Wildman–Crippen LogP) is 12.4. The van der Waals surface area contributed by atoms with Gasteiger partial charge >= 0.3 is 5.97 Å². The van der Waals surface area contributed by atoms with Crippen LogP contribution in [0.2, 0.25) is 0 Å². The van der Waals surface area contributed by atoms with Crippen LogP contribution in [-0.4, -0.2) is 37.0 Å². The molecule has 0 radical (unpaired) electrons. The summed E-state index contributed by atoms with van der Waals surface area (Å²) in [7, 11) is 0. The maximum atomic E-state index is 12.1. The molecule has 258 valence electrons. The topological polar surface area (TPSA) is 55.8 Å². The number of unbranched alkanes of at least 4 members (excludes halogenated alkanes) is 29. The van der Waals surface area contributed by atoms with Gasteiger partial charge < -0.3 is 14.6 Å². The molecule has 0 heterocycles. The van der Waals surface area contributed by atoms with E-state index in [4.69, 9.17) is 9.47 Å². The third-order valence-corrected chi connectivity index (χ3v) is 8.97. The van der Waals surface area contributed by atoms with Gasteiger partial charge in [-0.15, -0.1) is 0 Å². The van der Waals surface area contributed by atoms with E-state index >= 15 is 0 Å². The standard InChI is InChI=1S/C39H78O4/c1-3-5-7-9-11-13-15-17-19-21-23-25-27-29-31-33-35-42-38(36-40)37-43-39(41)34-32-30-28-26-24-22-20-18-16-14-12-10-8-6-4-2/h38,40H,3-37H2,1-2H3. The van der Waals surface area contributed by atoms with Crippen LogP contribution >= 0.6 is 0 Å². The molecular weight excluding hydrogens is 532 g/mol. The second-order valence-electron chi connectivity index (χ2n) is 13.4. The number of esters is 1. The molecule has 0 rings (SSSR count). The van der Waals surface area contributed by atoms with Gasteiger partial charge in [-0.05, 0) is 12.8 Å². The van der Waals surface area contributed by atoms with Gasteiger partial charge in [-0.1, -0.05) is 200 Å². The highest BCUT2D eigenvalue weighted by Crippen LogP contribution is 2.15. The monoisotopic (exact) mass is 611 g/mol. The first-order valence-corrected chi connectivity index (χ1v) is 19.6. The normalized spacial score (nSPS) is 12.2. The van der Waals surface area contributed by atoms with Crippen molar-refractivity contribution in [2.45, 2.75) is 225 Å². The SMILES string of the molecule is CCCCCCCCCCCCCCCCCCOC(CO)COC(=O)CCCCCCCCCCCCCCCCC. The second kappa shape index (κ2) is 37.6. The summed E-state index contributed by atoms with van der Waals surface area (Å²) in [6.07, 6.45) is 41.6. The molecule has 4 heteroatoms. The lowest BCUT2D eigenvalue weighted by molar-refractivity contribution is -0.149. The molecule has 0 aromatic rings. The summed E-state index contributed by atoms with van der Waals surface area (Å²) < 4.78 is 11.1. The molecule has 0 bridgehead atoms. The second-order valence-corrected chi connectivity index (χ2v) is 13.4. The Kier molecular flexibility index (Phi) is 37.0. The molecule has 0 spiro atoms. The van der Waals surface area contributed by atoms with E-state index in [1.165, 1.54) is 180 Å². The van der Waals surface area contributed by atoms with Crippen LogP contribution in [0.4, 0.5) is 0 Å². The van der Waals surface area contributed by atoms with Crippen molar-refractivity contribution in [3.63, 3.8) is 0 Å². The van der Waals surface area contributed by atoms with Crippen LogP contribution in [0, 0.1) is 0 Å².